The topological polar surface area (TPSA) is 58.6 Å². The number of hydrogen-bond acceptors (Lipinski definition) is 3. The van der Waals surface area contributed by atoms with Crippen LogP contribution in [0.5, 0.6) is 0 Å². The van der Waals surface area contributed by atoms with Crippen LogP contribution < -0.4 is 4.72 Å². The second-order valence-corrected chi connectivity index (χ2v) is 12.0. The smallest absolute Gasteiger partial charge is 0.411 e. The Bertz CT molecular complexity index is 728. The highest BCUT2D eigenvalue weighted by molar-refractivity contribution is 7.84. The van der Waals surface area contributed by atoms with Gasteiger partial charge in [-0.25, -0.2) is 13.7 Å². The van der Waals surface area contributed by atoms with E-state index in [1.807, 2.05) is 64.6 Å². The maximum absolute atomic E-state index is 13.1. The molecule has 2 atom stereocenters. The van der Waals surface area contributed by atoms with Gasteiger partial charge in [-0.2, -0.15) is 0 Å². The van der Waals surface area contributed by atoms with Crippen LogP contribution in [-0.4, -0.2) is 37.1 Å². The minimum Gasteiger partial charge on any atom is -0.444 e. The molecule has 2 aliphatic heterocycles. The zero-order chi connectivity index (χ0) is 20.7. The number of fused-ring (bicyclic) bond motifs is 2. The van der Waals surface area contributed by atoms with E-state index in [2.05, 4.69) is 16.9 Å². The first-order chi connectivity index (χ1) is 12.9. The number of nitrogens with zero attached hydrogens (tertiary/aromatic N) is 1. The van der Waals surface area contributed by atoms with Crippen LogP contribution in [0.1, 0.15) is 78.8 Å². The van der Waals surface area contributed by atoms with E-state index >= 15 is 0 Å². The molecule has 2 bridgehead atoms. The van der Waals surface area contributed by atoms with Gasteiger partial charge in [0.15, 0.2) is 0 Å². The van der Waals surface area contributed by atoms with Crippen LogP contribution in [0, 0.1) is 0 Å². The predicted molar refractivity (Wildman–Crippen MR) is 113 cm³/mol. The lowest BCUT2D eigenvalue weighted by Gasteiger charge is -2.43. The van der Waals surface area contributed by atoms with Gasteiger partial charge in [-0.1, -0.05) is 30.3 Å². The molecule has 2 aliphatic rings. The summed E-state index contributed by atoms with van der Waals surface area (Å²) in [6.07, 6.45) is 3.46. The van der Waals surface area contributed by atoms with Crippen molar-refractivity contribution >= 4 is 17.1 Å². The van der Waals surface area contributed by atoms with E-state index in [1.165, 1.54) is 0 Å². The average Bonchev–Trinajstić information content (AvgIpc) is 3.14. The number of amides is 1. The molecular weight excluding hydrogens is 372 g/mol. The third-order valence-corrected chi connectivity index (χ3v) is 7.27. The largest absolute Gasteiger partial charge is 0.444 e. The van der Waals surface area contributed by atoms with Crippen molar-refractivity contribution in [2.24, 2.45) is 0 Å². The number of carbonyl (C=O) groups is 1. The SMILES string of the molecule is CC(C)(C)OC(=O)N1C2CCC1([C@H](NS(=O)C(C)(C)C)c1ccccc1)CC2. The fraction of sp³-hybridized carbons (Fsp3) is 0.682. The lowest BCUT2D eigenvalue weighted by atomic mass is 9.79. The number of ether oxygens (including phenoxy) is 1. The maximum Gasteiger partial charge on any atom is 0.411 e. The quantitative estimate of drug-likeness (QED) is 0.788. The first-order valence-corrected chi connectivity index (χ1v) is 11.3. The molecule has 3 rings (SSSR count). The summed E-state index contributed by atoms with van der Waals surface area (Å²) in [6, 6.07) is 10.1. The normalized spacial score (nSPS) is 26.9. The van der Waals surface area contributed by atoms with E-state index < -0.39 is 26.9 Å². The van der Waals surface area contributed by atoms with Gasteiger partial charge in [0.05, 0.1) is 27.3 Å². The monoisotopic (exact) mass is 406 g/mol. The molecule has 2 fully saturated rings. The highest BCUT2D eigenvalue weighted by Gasteiger charge is 2.59. The van der Waals surface area contributed by atoms with Gasteiger partial charge in [-0.3, -0.25) is 4.90 Å². The van der Waals surface area contributed by atoms with Crippen LogP contribution in [0.2, 0.25) is 0 Å². The number of hydrogen-bond donors (Lipinski definition) is 1. The molecule has 1 unspecified atom stereocenters. The molecule has 28 heavy (non-hydrogen) atoms. The van der Waals surface area contributed by atoms with Gasteiger partial charge in [0.25, 0.3) is 0 Å². The van der Waals surface area contributed by atoms with Gasteiger partial charge in [-0.05, 0) is 72.8 Å². The Balaban J connectivity index is 2.00. The van der Waals surface area contributed by atoms with Crippen molar-refractivity contribution in [3.63, 3.8) is 0 Å². The van der Waals surface area contributed by atoms with E-state index in [9.17, 15) is 9.00 Å². The molecule has 0 radical (unpaired) electrons. The van der Waals surface area contributed by atoms with E-state index in [-0.39, 0.29) is 18.2 Å². The molecule has 156 valence electrons. The van der Waals surface area contributed by atoms with Crippen molar-refractivity contribution in [2.75, 3.05) is 0 Å². The molecule has 0 saturated carbocycles. The molecule has 0 aromatic heterocycles. The molecule has 5 nitrogen and oxygen atoms in total. The Morgan fingerprint density at radius 2 is 1.71 bits per heavy atom. The van der Waals surface area contributed by atoms with E-state index in [0.717, 1.165) is 31.2 Å². The Hall–Kier alpha value is -1.40. The van der Waals surface area contributed by atoms with Crippen LogP contribution in [0.4, 0.5) is 4.79 Å². The van der Waals surface area contributed by atoms with E-state index in [0.29, 0.717) is 0 Å². The second kappa shape index (κ2) is 7.45. The van der Waals surface area contributed by atoms with Crippen LogP contribution in [0.3, 0.4) is 0 Å². The van der Waals surface area contributed by atoms with Crippen molar-refractivity contribution in [1.29, 1.82) is 0 Å². The van der Waals surface area contributed by atoms with Crippen LogP contribution >= 0.6 is 0 Å². The van der Waals surface area contributed by atoms with E-state index in [1.54, 1.807) is 0 Å². The van der Waals surface area contributed by atoms with Crippen LogP contribution in [0.25, 0.3) is 0 Å². The molecule has 2 heterocycles. The number of carbonyl (C=O) groups excluding carboxylic acids is 1. The lowest BCUT2D eigenvalue weighted by Crippen LogP contribution is -2.55. The predicted octanol–water partition coefficient (Wildman–Crippen LogP) is 4.71. The molecular formula is C22H34N2O3S. The van der Waals surface area contributed by atoms with Gasteiger partial charge in [0, 0.05) is 6.04 Å². The summed E-state index contributed by atoms with van der Waals surface area (Å²) >= 11 is 0. The first kappa shape index (κ1) is 21.3. The summed E-state index contributed by atoms with van der Waals surface area (Å²) in [4.78, 5) is 15.1. The fourth-order valence-corrected chi connectivity index (χ4v) is 5.38. The third kappa shape index (κ3) is 4.13. The highest BCUT2D eigenvalue weighted by atomic mass is 32.2. The van der Waals surface area contributed by atoms with Crippen LogP contribution in [0.15, 0.2) is 30.3 Å². The molecule has 2 saturated heterocycles. The van der Waals surface area contributed by atoms with Crippen molar-refractivity contribution < 1.29 is 13.7 Å². The Labute approximate surface area is 171 Å². The summed E-state index contributed by atoms with van der Waals surface area (Å²) in [5.41, 5.74) is 0.121. The van der Waals surface area contributed by atoms with Crippen molar-refractivity contribution in [3.8, 4) is 0 Å². The van der Waals surface area contributed by atoms with Crippen molar-refractivity contribution in [2.45, 2.75) is 95.2 Å². The van der Waals surface area contributed by atoms with Crippen molar-refractivity contribution in [3.05, 3.63) is 35.9 Å². The molecule has 6 heteroatoms. The maximum atomic E-state index is 13.1. The average molecular weight is 407 g/mol. The fourth-order valence-electron chi connectivity index (χ4n) is 4.45. The summed E-state index contributed by atoms with van der Waals surface area (Å²) in [5.74, 6) is 0. The second-order valence-electron chi connectivity index (χ2n) is 10.0. The zero-order valence-corrected chi connectivity index (χ0v) is 18.8. The standard InChI is InChI=1S/C22H34N2O3S/c1-20(2,3)27-19(25)24-17-12-14-22(24,15-13-17)18(16-10-8-7-9-11-16)23-28(26)21(4,5)6/h7-11,17-18,23H,12-15H2,1-6H3/t17?,18-,22?,28?/m1/s1. The summed E-state index contributed by atoms with van der Waals surface area (Å²) in [5, 5.41) is 0. The highest BCUT2D eigenvalue weighted by Crippen LogP contribution is 2.53. The number of rotatable bonds is 4. The minimum atomic E-state index is -1.25. The molecule has 1 aromatic rings. The first-order valence-electron chi connectivity index (χ1n) is 10.2. The third-order valence-electron chi connectivity index (χ3n) is 5.71. The molecule has 1 N–H and O–H groups in total. The molecule has 0 aliphatic carbocycles. The van der Waals surface area contributed by atoms with Gasteiger partial charge in [0.2, 0.25) is 0 Å². The Morgan fingerprint density at radius 3 is 2.21 bits per heavy atom. The van der Waals surface area contributed by atoms with E-state index in [4.69, 9.17) is 4.74 Å². The number of nitrogens with one attached hydrogen (secondary N) is 1. The Morgan fingerprint density at radius 1 is 1.14 bits per heavy atom. The molecule has 1 aromatic carbocycles. The van der Waals surface area contributed by atoms with Crippen molar-refractivity contribution in [1.82, 2.24) is 9.62 Å². The Kier molecular flexibility index (Phi) is 5.67. The van der Waals surface area contributed by atoms with Gasteiger partial charge < -0.3 is 4.74 Å². The summed E-state index contributed by atoms with van der Waals surface area (Å²) in [6.45, 7) is 11.6. The molecule has 1 amide bonds. The minimum absolute atomic E-state index is 0.200. The van der Waals surface area contributed by atoms with Gasteiger partial charge >= 0.3 is 6.09 Å². The number of benzene rings is 1. The summed E-state index contributed by atoms with van der Waals surface area (Å²) in [7, 11) is -1.25. The molecule has 0 spiro atoms. The van der Waals surface area contributed by atoms with Gasteiger partial charge in [-0.15, -0.1) is 0 Å². The van der Waals surface area contributed by atoms with Gasteiger partial charge in [0.1, 0.15) is 5.60 Å². The van der Waals surface area contributed by atoms with Crippen LogP contribution in [-0.2, 0) is 15.7 Å². The zero-order valence-electron chi connectivity index (χ0n) is 18.0. The lowest BCUT2D eigenvalue weighted by molar-refractivity contribution is 0.00427. The summed E-state index contributed by atoms with van der Waals surface area (Å²) < 4.78 is 21.8.